The molecule has 0 spiro atoms. The second-order valence-electron chi connectivity index (χ2n) is 8.21. The average Bonchev–Trinajstić information content (AvgIpc) is 3.07. The standard InChI is InChI=1S/C23H37N5O/c1-3-22(29)28-15-12-21(18-28)26-23(24-2)25-16-19-10-6-7-11-20(19)17-27-13-8-4-5-9-14-27/h6-7,10-11,21H,3-5,8-9,12-18H2,1-2H3,(H2,24,25,26). The zero-order chi connectivity index (χ0) is 20.5. The van der Waals surface area contributed by atoms with E-state index in [0.717, 1.165) is 38.6 Å². The van der Waals surface area contributed by atoms with Crippen LogP contribution in [0.1, 0.15) is 56.6 Å². The van der Waals surface area contributed by atoms with Gasteiger partial charge >= 0.3 is 0 Å². The zero-order valence-electron chi connectivity index (χ0n) is 18.1. The summed E-state index contributed by atoms with van der Waals surface area (Å²) < 4.78 is 0. The van der Waals surface area contributed by atoms with Crippen LogP contribution in [0, 0.1) is 0 Å². The summed E-state index contributed by atoms with van der Waals surface area (Å²) in [5.41, 5.74) is 2.73. The van der Waals surface area contributed by atoms with Crippen LogP contribution in [0.5, 0.6) is 0 Å². The molecular weight excluding hydrogens is 362 g/mol. The topological polar surface area (TPSA) is 60.0 Å². The van der Waals surface area contributed by atoms with Crippen molar-refractivity contribution in [3.05, 3.63) is 35.4 Å². The van der Waals surface area contributed by atoms with Gasteiger partial charge in [-0.2, -0.15) is 0 Å². The summed E-state index contributed by atoms with van der Waals surface area (Å²) in [6, 6.07) is 8.99. The third-order valence-electron chi connectivity index (χ3n) is 6.07. The minimum atomic E-state index is 0.236. The molecule has 1 unspecified atom stereocenters. The molecule has 6 nitrogen and oxygen atoms in total. The first-order valence-electron chi connectivity index (χ1n) is 11.2. The van der Waals surface area contributed by atoms with Crippen molar-refractivity contribution in [2.45, 2.75) is 64.6 Å². The van der Waals surface area contributed by atoms with Crippen LogP contribution in [0.4, 0.5) is 0 Å². The van der Waals surface area contributed by atoms with E-state index in [1.54, 1.807) is 0 Å². The monoisotopic (exact) mass is 399 g/mol. The van der Waals surface area contributed by atoms with Gasteiger partial charge in [0.1, 0.15) is 0 Å². The molecule has 2 fully saturated rings. The molecule has 2 N–H and O–H groups in total. The first kappa shape index (κ1) is 21.6. The van der Waals surface area contributed by atoms with Gasteiger partial charge in [-0.1, -0.05) is 44.0 Å². The van der Waals surface area contributed by atoms with Gasteiger partial charge in [-0.05, 0) is 43.5 Å². The highest BCUT2D eigenvalue weighted by Crippen LogP contribution is 2.16. The molecule has 1 aromatic carbocycles. The number of guanidine groups is 1. The molecule has 2 saturated heterocycles. The van der Waals surface area contributed by atoms with Gasteiger partial charge in [0.05, 0.1) is 0 Å². The highest BCUT2D eigenvalue weighted by molar-refractivity contribution is 5.80. The van der Waals surface area contributed by atoms with E-state index in [1.165, 1.54) is 49.9 Å². The summed E-state index contributed by atoms with van der Waals surface area (Å²) in [6.07, 6.45) is 6.91. The van der Waals surface area contributed by atoms with Gasteiger partial charge in [-0.3, -0.25) is 14.7 Å². The molecular formula is C23H37N5O. The van der Waals surface area contributed by atoms with Crippen LogP contribution in [0.25, 0.3) is 0 Å². The van der Waals surface area contributed by atoms with Crippen LogP contribution in [-0.2, 0) is 17.9 Å². The lowest BCUT2D eigenvalue weighted by molar-refractivity contribution is -0.129. The molecule has 6 heteroatoms. The summed E-state index contributed by atoms with van der Waals surface area (Å²) >= 11 is 0. The first-order chi connectivity index (χ1) is 14.2. The maximum Gasteiger partial charge on any atom is 0.222 e. The van der Waals surface area contributed by atoms with Crippen LogP contribution in [0.2, 0.25) is 0 Å². The van der Waals surface area contributed by atoms with Gasteiger partial charge in [0.2, 0.25) is 5.91 Å². The number of hydrogen-bond acceptors (Lipinski definition) is 3. The Morgan fingerprint density at radius 3 is 2.52 bits per heavy atom. The van der Waals surface area contributed by atoms with Crippen LogP contribution >= 0.6 is 0 Å². The van der Waals surface area contributed by atoms with Gasteiger partial charge in [-0.15, -0.1) is 0 Å². The summed E-state index contributed by atoms with van der Waals surface area (Å²) in [5.74, 6) is 1.05. The number of amides is 1. The van der Waals surface area contributed by atoms with Crippen LogP contribution in [0.3, 0.4) is 0 Å². The largest absolute Gasteiger partial charge is 0.352 e. The minimum absolute atomic E-state index is 0.236. The fourth-order valence-electron chi connectivity index (χ4n) is 4.31. The lowest BCUT2D eigenvalue weighted by Gasteiger charge is -2.22. The van der Waals surface area contributed by atoms with Gasteiger partial charge in [0, 0.05) is 45.7 Å². The predicted molar refractivity (Wildman–Crippen MR) is 119 cm³/mol. The number of carbonyl (C=O) groups is 1. The Bertz CT molecular complexity index is 682. The first-order valence-corrected chi connectivity index (χ1v) is 11.2. The summed E-state index contributed by atoms with van der Waals surface area (Å²) in [4.78, 5) is 20.8. The third kappa shape index (κ3) is 6.46. The Labute approximate surface area is 175 Å². The normalized spacial score (nSPS) is 21.1. The highest BCUT2D eigenvalue weighted by atomic mass is 16.2. The quantitative estimate of drug-likeness (QED) is 0.570. The fourth-order valence-corrected chi connectivity index (χ4v) is 4.31. The molecule has 0 aromatic heterocycles. The number of carbonyl (C=O) groups excluding carboxylic acids is 1. The Morgan fingerprint density at radius 1 is 1.10 bits per heavy atom. The lowest BCUT2D eigenvalue weighted by Crippen LogP contribution is -2.44. The van der Waals surface area contributed by atoms with E-state index >= 15 is 0 Å². The van der Waals surface area contributed by atoms with Crippen molar-refractivity contribution < 1.29 is 4.79 Å². The number of hydrogen-bond donors (Lipinski definition) is 2. The van der Waals surface area contributed by atoms with E-state index < -0.39 is 0 Å². The smallest absolute Gasteiger partial charge is 0.222 e. The van der Waals surface area contributed by atoms with E-state index in [9.17, 15) is 4.79 Å². The number of nitrogens with zero attached hydrogens (tertiary/aromatic N) is 3. The number of likely N-dealkylation sites (tertiary alicyclic amines) is 2. The van der Waals surface area contributed by atoms with Crippen molar-refractivity contribution in [3.63, 3.8) is 0 Å². The molecule has 0 radical (unpaired) electrons. The second kappa shape index (κ2) is 11.2. The Morgan fingerprint density at radius 2 is 1.83 bits per heavy atom. The molecule has 3 rings (SSSR count). The van der Waals surface area contributed by atoms with E-state index in [2.05, 4.69) is 44.8 Å². The van der Waals surface area contributed by atoms with E-state index in [0.29, 0.717) is 6.42 Å². The SMILES string of the molecule is CCC(=O)N1CCC(NC(=NC)NCc2ccccc2CN2CCCCCC2)C1. The van der Waals surface area contributed by atoms with Gasteiger partial charge < -0.3 is 15.5 Å². The van der Waals surface area contributed by atoms with Crippen molar-refractivity contribution >= 4 is 11.9 Å². The molecule has 0 saturated carbocycles. The van der Waals surface area contributed by atoms with Crippen LogP contribution in [-0.4, -0.2) is 60.9 Å². The maximum atomic E-state index is 11.9. The molecule has 2 aliphatic heterocycles. The van der Waals surface area contributed by atoms with Gasteiger partial charge in [0.25, 0.3) is 0 Å². The van der Waals surface area contributed by atoms with Gasteiger partial charge in [-0.25, -0.2) is 0 Å². The van der Waals surface area contributed by atoms with E-state index in [4.69, 9.17) is 0 Å². The van der Waals surface area contributed by atoms with Crippen LogP contribution < -0.4 is 10.6 Å². The number of nitrogens with one attached hydrogen (secondary N) is 2. The molecule has 0 bridgehead atoms. The number of rotatable bonds is 6. The predicted octanol–water partition coefficient (Wildman–Crippen LogP) is 2.74. The lowest BCUT2D eigenvalue weighted by atomic mass is 10.1. The van der Waals surface area contributed by atoms with Crippen molar-refractivity contribution in [1.82, 2.24) is 20.4 Å². The number of benzene rings is 1. The van der Waals surface area contributed by atoms with Gasteiger partial charge in [0.15, 0.2) is 5.96 Å². The average molecular weight is 400 g/mol. The molecule has 1 atom stereocenters. The van der Waals surface area contributed by atoms with Crippen LogP contribution in [0.15, 0.2) is 29.3 Å². The Balaban J connectivity index is 1.52. The molecule has 29 heavy (non-hydrogen) atoms. The Kier molecular flexibility index (Phi) is 8.35. The third-order valence-corrected chi connectivity index (χ3v) is 6.07. The van der Waals surface area contributed by atoms with E-state index in [1.807, 2.05) is 18.9 Å². The second-order valence-corrected chi connectivity index (χ2v) is 8.21. The van der Waals surface area contributed by atoms with Crippen molar-refractivity contribution in [2.24, 2.45) is 4.99 Å². The molecule has 1 aromatic rings. The molecule has 1 amide bonds. The fraction of sp³-hybridized carbons (Fsp3) is 0.652. The van der Waals surface area contributed by atoms with Crippen molar-refractivity contribution in [1.29, 1.82) is 0 Å². The zero-order valence-corrected chi connectivity index (χ0v) is 18.1. The highest BCUT2D eigenvalue weighted by Gasteiger charge is 2.25. The van der Waals surface area contributed by atoms with Crippen molar-refractivity contribution in [3.8, 4) is 0 Å². The molecule has 160 valence electrons. The van der Waals surface area contributed by atoms with Crippen molar-refractivity contribution in [2.75, 3.05) is 33.2 Å². The maximum absolute atomic E-state index is 11.9. The molecule has 2 heterocycles. The van der Waals surface area contributed by atoms with E-state index in [-0.39, 0.29) is 11.9 Å². The minimum Gasteiger partial charge on any atom is -0.352 e. The molecule has 0 aliphatic carbocycles. The Hall–Kier alpha value is -2.08. The summed E-state index contributed by atoms with van der Waals surface area (Å²) in [5, 5.41) is 6.97. The number of aliphatic imine (C=N–C) groups is 1. The summed E-state index contributed by atoms with van der Waals surface area (Å²) in [6.45, 7) is 7.72. The summed E-state index contributed by atoms with van der Waals surface area (Å²) in [7, 11) is 1.81. The molecule has 2 aliphatic rings.